The number of aliphatic hydroxyl groups excluding tert-OH is 1. The molecule has 1 unspecified atom stereocenters. The lowest BCUT2D eigenvalue weighted by molar-refractivity contribution is -0.870. The van der Waals surface area contributed by atoms with Crippen LogP contribution in [0.5, 0.6) is 0 Å². The van der Waals surface area contributed by atoms with Crippen molar-refractivity contribution >= 4 is 19.8 Å². The third-order valence-electron chi connectivity index (χ3n) is 9.38. The van der Waals surface area contributed by atoms with Crippen molar-refractivity contribution in [2.24, 2.45) is 0 Å². The number of allylic oxidation sites excluding steroid dienone is 9. The van der Waals surface area contributed by atoms with E-state index in [0.29, 0.717) is 36.7 Å². The van der Waals surface area contributed by atoms with Crippen molar-refractivity contribution < 1.29 is 51.6 Å². The smallest absolute Gasteiger partial charge is 0.306 e. The summed E-state index contributed by atoms with van der Waals surface area (Å²) in [5, 5.41) is 9.48. The molecule has 330 valence electrons. The summed E-state index contributed by atoms with van der Waals surface area (Å²) in [7, 11) is 1.07. The minimum Gasteiger partial charge on any atom is -0.756 e. The number of esters is 2. The zero-order valence-electron chi connectivity index (χ0n) is 36.8. The average Bonchev–Trinajstić information content (AvgIpc) is 3.43. The highest BCUT2D eigenvalue weighted by molar-refractivity contribution is 7.45. The Balaban J connectivity index is 2.42. The Bertz CT molecular complexity index is 1470. The Kier molecular flexibility index (Phi) is 29.1. The van der Waals surface area contributed by atoms with Crippen molar-refractivity contribution in [2.75, 3.05) is 47.5 Å². The summed E-state index contributed by atoms with van der Waals surface area (Å²) >= 11 is 0. The number of carbonyl (C=O) groups is 2. The maximum atomic E-state index is 12.7. The lowest BCUT2D eigenvalue weighted by Crippen LogP contribution is -2.37. The van der Waals surface area contributed by atoms with Gasteiger partial charge in [0.2, 0.25) is 0 Å². The van der Waals surface area contributed by atoms with Crippen LogP contribution in [0.1, 0.15) is 133 Å². The van der Waals surface area contributed by atoms with E-state index in [4.69, 9.17) is 22.9 Å². The van der Waals surface area contributed by atoms with Crippen LogP contribution in [0.2, 0.25) is 0 Å². The van der Waals surface area contributed by atoms with Crippen LogP contribution in [-0.4, -0.2) is 81.2 Å². The predicted molar refractivity (Wildman–Crippen MR) is 231 cm³/mol. The van der Waals surface area contributed by atoms with Crippen molar-refractivity contribution in [3.05, 3.63) is 83.4 Å². The summed E-state index contributed by atoms with van der Waals surface area (Å²) < 4.78 is 39.9. The lowest BCUT2D eigenvalue weighted by Gasteiger charge is -2.28. The molecule has 0 radical (unpaired) electrons. The maximum absolute atomic E-state index is 12.7. The molecule has 0 aliphatic rings. The normalized spacial score (nSPS) is 14.7. The number of aliphatic hydroxyl groups is 1. The van der Waals surface area contributed by atoms with E-state index in [2.05, 4.69) is 51.2 Å². The van der Waals surface area contributed by atoms with Gasteiger partial charge in [0.15, 0.2) is 6.10 Å². The fourth-order valence-corrected chi connectivity index (χ4v) is 6.36. The molecule has 0 aliphatic carbocycles. The molecule has 0 aromatic carbocycles. The van der Waals surface area contributed by atoms with E-state index in [-0.39, 0.29) is 32.2 Å². The molecule has 0 fully saturated rings. The van der Waals surface area contributed by atoms with Gasteiger partial charge in [-0.05, 0) is 82.8 Å². The molecule has 58 heavy (non-hydrogen) atoms. The van der Waals surface area contributed by atoms with E-state index in [9.17, 15) is 24.2 Å². The summed E-state index contributed by atoms with van der Waals surface area (Å²) in [6.45, 7) is 7.94. The summed E-state index contributed by atoms with van der Waals surface area (Å²) in [6, 6.07) is 0. The first-order valence-electron chi connectivity index (χ1n) is 21.5. The van der Waals surface area contributed by atoms with Crippen LogP contribution in [0.15, 0.2) is 65.2 Å². The minimum absolute atomic E-state index is 0.0580. The number of phosphoric ester groups is 1. The Morgan fingerprint density at radius 2 is 1.34 bits per heavy atom. The molecule has 0 aliphatic heterocycles. The Morgan fingerprint density at radius 3 is 1.98 bits per heavy atom. The summed E-state index contributed by atoms with van der Waals surface area (Å²) in [5.41, 5.74) is 2.55. The van der Waals surface area contributed by atoms with Gasteiger partial charge in [0.05, 0.1) is 33.9 Å². The number of nitrogens with zero attached hydrogens (tertiary/aromatic N) is 1. The molecular formula is C46H76NO10P. The lowest BCUT2D eigenvalue weighted by atomic mass is 10.0. The Hall–Kier alpha value is -3.05. The average molecular weight is 834 g/mol. The fraction of sp³-hybridized carbons (Fsp3) is 0.652. The number of carbonyl (C=O) groups excluding carboxylic acids is 2. The molecule has 1 rings (SSSR count). The number of rotatable bonds is 34. The van der Waals surface area contributed by atoms with E-state index in [0.717, 1.165) is 82.1 Å². The number of ether oxygens (including phenoxy) is 2. The van der Waals surface area contributed by atoms with Crippen molar-refractivity contribution in [1.29, 1.82) is 0 Å². The molecule has 3 atom stereocenters. The van der Waals surface area contributed by atoms with Crippen molar-refractivity contribution in [1.82, 2.24) is 0 Å². The number of aryl methyl sites for hydroxylation is 2. The largest absolute Gasteiger partial charge is 0.756 e. The molecule has 0 bridgehead atoms. The van der Waals surface area contributed by atoms with Gasteiger partial charge >= 0.3 is 11.9 Å². The van der Waals surface area contributed by atoms with E-state index in [1.54, 1.807) is 6.08 Å². The molecule has 11 nitrogen and oxygen atoms in total. The maximum Gasteiger partial charge on any atom is 0.306 e. The molecule has 0 amide bonds. The molecule has 1 heterocycles. The summed E-state index contributed by atoms with van der Waals surface area (Å²) in [4.78, 5) is 37.6. The van der Waals surface area contributed by atoms with Gasteiger partial charge in [-0.15, -0.1) is 0 Å². The Morgan fingerprint density at radius 1 is 0.759 bits per heavy atom. The van der Waals surface area contributed by atoms with Crippen LogP contribution in [0.25, 0.3) is 0 Å². The van der Waals surface area contributed by atoms with E-state index >= 15 is 0 Å². The predicted octanol–water partition coefficient (Wildman–Crippen LogP) is 9.68. The number of hydrogen-bond donors (Lipinski definition) is 1. The van der Waals surface area contributed by atoms with Crippen molar-refractivity contribution in [3.63, 3.8) is 0 Å². The SMILES string of the molecule is CCCc1oc(CCCCCCCCC(=O)O[C@H](COC(=O)CCC/C=C\C/C=C\C/C=C\C/C=C\C=C\[C@@H](O)CC)COP(=O)([O-])OCC[N+](C)(C)C)c(C)c1C. The number of hydrogen-bond acceptors (Lipinski definition) is 10. The molecule has 0 saturated heterocycles. The van der Waals surface area contributed by atoms with Crippen molar-refractivity contribution in [2.45, 2.75) is 149 Å². The molecule has 1 aromatic rings. The van der Waals surface area contributed by atoms with Gasteiger partial charge in [0, 0.05) is 25.7 Å². The molecule has 0 spiro atoms. The van der Waals surface area contributed by atoms with Crippen LogP contribution in [0.3, 0.4) is 0 Å². The Labute approximate surface area is 350 Å². The van der Waals surface area contributed by atoms with Gasteiger partial charge in [-0.25, -0.2) is 0 Å². The quantitative estimate of drug-likeness (QED) is 0.0178. The highest BCUT2D eigenvalue weighted by Gasteiger charge is 2.22. The molecule has 1 N–H and O–H groups in total. The second-order valence-corrected chi connectivity index (χ2v) is 17.2. The highest BCUT2D eigenvalue weighted by atomic mass is 31.2. The number of furan rings is 1. The fourth-order valence-electron chi connectivity index (χ4n) is 5.63. The second-order valence-electron chi connectivity index (χ2n) is 15.8. The van der Waals surface area contributed by atoms with E-state index < -0.39 is 32.5 Å². The first-order valence-corrected chi connectivity index (χ1v) is 22.9. The third-order valence-corrected chi connectivity index (χ3v) is 10.3. The topological polar surface area (TPSA) is 145 Å². The van der Waals surface area contributed by atoms with Crippen LogP contribution >= 0.6 is 7.82 Å². The van der Waals surface area contributed by atoms with Crippen LogP contribution in [0, 0.1) is 13.8 Å². The van der Waals surface area contributed by atoms with E-state index in [1.807, 2.05) is 52.4 Å². The minimum atomic E-state index is -4.66. The van der Waals surface area contributed by atoms with Gasteiger partial charge < -0.3 is 37.4 Å². The zero-order valence-corrected chi connectivity index (χ0v) is 37.7. The standard InChI is InChI=1S/C46H76NO10P/c1-8-30-43-39(3)40(4)44(57-43)32-27-23-20-21-25-29-34-46(50)56-42(38-55-58(51,52)54-36-35-47(5,6)7)37-53-45(49)33-28-24-19-17-15-13-11-10-12-14-16-18-22-26-31-41(48)9-2/h11-14,17-19,22,26,31,41-42,48H,8-10,15-16,20-21,23-25,27-30,32-38H2,1-7H3/b13-11-,14-12-,19-17-,22-18-,31-26+/t41-,42+/m0/s1. The molecule has 1 aromatic heterocycles. The zero-order chi connectivity index (χ0) is 43.1. The van der Waals surface area contributed by atoms with E-state index in [1.165, 1.54) is 11.1 Å². The number of likely N-dealkylation sites (N-methyl/N-ethyl adjacent to an activating group) is 1. The van der Waals surface area contributed by atoms with Crippen molar-refractivity contribution in [3.8, 4) is 0 Å². The molecule has 0 saturated carbocycles. The molecule has 12 heteroatoms. The number of quaternary nitrogens is 1. The van der Waals surface area contributed by atoms with Gasteiger partial charge in [-0.2, -0.15) is 0 Å². The summed E-state index contributed by atoms with van der Waals surface area (Å²) in [5.74, 6) is 1.25. The number of unbranched alkanes of at least 4 members (excludes halogenated alkanes) is 6. The highest BCUT2D eigenvalue weighted by Crippen LogP contribution is 2.38. The molecular weight excluding hydrogens is 757 g/mol. The van der Waals surface area contributed by atoms with Crippen LogP contribution in [0.4, 0.5) is 0 Å². The summed E-state index contributed by atoms with van der Waals surface area (Å²) in [6.07, 6.45) is 32.1. The second kappa shape index (κ2) is 31.8. The first kappa shape index (κ1) is 53.0. The first-order chi connectivity index (χ1) is 27.7. The van der Waals surface area contributed by atoms with Crippen LogP contribution < -0.4 is 4.89 Å². The van der Waals surface area contributed by atoms with Gasteiger partial charge in [-0.3, -0.25) is 14.2 Å². The number of phosphoric acid groups is 1. The van der Waals surface area contributed by atoms with Gasteiger partial charge in [0.1, 0.15) is 31.3 Å². The third kappa shape index (κ3) is 28.4. The monoisotopic (exact) mass is 834 g/mol. The van der Waals surface area contributed by atoms with Gasteiger partial charge in [0.25, 0.3) is 7.82 Å². The van der Waals surface area contributed by atoms with Gasteiger partial charge in [-0.1, -0.05) is 100 Å². The van der Waals surface area contributed by atoms with Crippen LogP contribution in [-0.2, 0) is 45.5 Å².